The molecular formula is C15H12ClFO2. The Hall–Kier alpha value is -1.74. The van der Waals surface area contributed by atoms with Crippen LogP contribution < -0.4 is 9.47 Å². The molecule has 2 aromatic rings. The van der Waals surface area contributed by atoms with E-state index in [1.807, 2.05) is 12.1 Å². The van der Waals surface area contributed by atoms with Crippen molar-refractivity contribution in [1.29, 1.82) is 0 Å². The van der Waals surface area contributed by atoms with Gasteiger partial charge in [-0.05, 0) is 42.5 Å². The summed E-state index contributed by atoms with van der Waals surface area (Å²) in [5.74, 6) is 1.25. The lowest BCUT2D eigenvalue weighted by molar-refractivity contribution is 0.148. The van der Waals surface area contributed by atoms with Crippen molar-refractivity contribution in [2.45, 2.75) is 12.5 Å². The Bertz CT molecular complexity index is 583. The zero-order valence-electron chi connectivity index (χ0n) is 10.1. The van der Waals surface area contributed by atoms with Gasteiger partial charge in [0.25, 0.3) is 0 Å². The van der Waals surface area contributed by atoms with E-state index in [9.17, 15) is 4.39 Å². The predicted molar refractivity (Wildman–Crippen MR) is 71.5 cm³/mol. The molecule has 2 aromatic carbocycles. The zero-order chi connectivity index (χ0) is 13.2. The van der Waals surface area contributed by atoms with E-state index in [1.165, 1.54) is 12.1 Å². The van der Waals surface area contributed by atoms with E-state index in [2.05, 4.69) is 0 Å². The molecule has 1 atom stereocenters. The van der Waals surface area contributed by atoms with Crippen LogP contribution in [0.2, 0.25) is 5.02 Å². The second kappa shape index (κ2) is 5.10. The van der Waals surface area contributed by atoms with Crippen molar-refractivity contribution in [2.75, 3.05) is 6.61 Å². The summed E-state index contributed by atoms with van der Waals surface area (Å²) < 4.78 is 24.4. The summed E-state index contributed by atoms with van der Waals surface area (Å²) in [6.45, 7) is 0.429. The van der Waals surface area contributed by atoms with Gasteiger partial charge in [0.2, 0.25) is 0 Å². The first-order valence-electron chi connectivity index (χ1n) is 6.04. The SMILES string of the molecule is Fc1ccc2c(c1)CC(COc1ccc(Cl)cc1)O2. The molecule has 1 aliphatic rings. The Kier molecular flexibility index (Phi) is 3.30. The smallest absolute Gasteiger partial charge is 0.137 e. The number of fused-ring (bicyclic) bond motifs is 1. The summed E-state index contributed by atoms with van der Waals surface area (Å²) in [7, 11) is 0. The minimum absolute atomic E-state index is 0.0764. The van der Waals surface area contributed by atoms with Gasteiger partial charge in [0.1, 0.15) is 30.0 Å². The Balaban J connectivity index is 1.60. The van der Waals surface area contributed by atoms with Crippen molar-refractivity contribution in [3.8, 4) is 11.5 Å². The Morgan fingerprint density at radius 3 is 2.79 bits per heavy atom. The lowest BCUT2D eigenvalue weighted by Gasteiger charge is -2.12. The van der Waals surface area contributed by atoms with Crippen LogP contribution in [-0.2, 0) is 6.42 Å². The normalized spacial score (nSPS) is 16.8. The molecule has 0 spiro atoms. The number of ether oxygens (including phenoxy) is 2. The van der Waals surface area contributed by atoms with E-state index in [0.717, 1.165) is 17.1 Å². The number of halogens is 2. The molecule has 0 amide bonds. The molecule has 0 bridgehead atoms. The second-order valence-corrected chi connectivity index (χ2v) is 4.90. The highest BCUT2D eigenvalue weighted by molar-refractivity contribution is 6.30. The Morgan fingerprint density at radius 2 is 2.00 bits per heavy atom. The van der Waals surface area contributed by atoms with Crippen LogP contribution in [0.3, 0.4) is 0 Å². The largest absolute Gasteiger partial charge is 0.490 e. The third kappa shape index (κ3) is 2.82. The first-order chi connectivity index (χ1) is 9.20. The molecule has 0 N–H and O–H groups in total. The monoisotopic (exact) mass is 278 g/mol. The average molecular weight is 279 g/mol. The molecule has 0 saturated carbocycles. The summed E-state index contributed by atoms with van der Waals surface area (Å²) in [4.78, 5) is 0. The molecule has 0 fully saturated rings. The first kappa shape index (κ1) is 12.3. The lowest BCUT2D eigenvalue weighted by atomic mass is 10.1. The van der Waals surface area contributed by atoms with E-state index >= 15 is 0 Å². The van der Waals surface area contributed by atoms with Gasteiger partial charge >= 0.3 is 0 Å². The van der Waals surface area contributed by atoms with Crippen molar-refractivity contribution < 1.29 is 13.9 Å². The van der Waals surface area contributed by atoms with E-state index in [0.29, 0.717) is 18.1 Å². The number of rotatable bonds is 3. The van der Waals surface area contributed by atoms with E-state index in [4.69, 9.17) is 21.1 Å². The quantitative estimate of drug-likeness (QED) is 0.849. The fourth-order valence-corrected chi connectivity index (χ4v) is 2.23. The summed E-state index contributed by atoms with van der Waals surface area (Å²) in [6.07, 6.45) is 0.591. The van der Waals surface area contributed by atoms with Gasteiger partial charge < -0.3 is 9.47 Å². The van der Waals surface area contributed by atoms with E-state index in [-0.39, 0.29) is 11.9 Å². The third-order valence-corrected chi connectivity index (χ3v) is 3.27. The van der Waals surface area contributed by atoms with Gasteiger partial charge in [0, 0.05) is 17.0 Å². The molecule has 0 aromatic heterocycles. The average Bonchev–Trinajstić information content (AvgIpc) is 2.80. The number of hydrogen-bond donors (Lipinski definition) is 0. The molecule has 0 radical (unpaired) electrons. The maximum absolute atomic E-state index is 13.1. The fourth-order valence-electron chi connectivity index (χ4n) is 2.10. The van der Waals surface area contributed by atoms with Gasteiger partial charge in [-0.3, -0.25) is 0 Å². The minimum atomic E-state index is -0.235. The van der Waals surface area contributed by atoms with Crippen molar-refractivity contribution in [1.82, 2.24) is 0 Å². The number of hydrogen-bond acceptors (Lipinski definition) is 2. The van der Waals surface area contributed by atoms with Gasteiger partial charge in [-0.1, -0.05) is 11.6 Å². The van der Waals surface area contributed by atoms with Crippen LogP contribution in [0.1, 0.15) is 5.56 Å². The molecule has 4 heteroatoms. The van der Waals surface area contributed by atoms with Crippen molar-refractivity contribution >= 4 is 11.6 Å². The van der Waals surface area contributed by atoms with Crippen LogP contribution in [0.15, 0.2) is 42.5 Å². The molecule has 0 saturated heterocycles. The summed E-state index contributed by atoms with van der Waals surface area (Å²) in [5, 5.41) is 0.673. The van der Waals surface area contributed by atoms with Crippen LogP contribution in [0.25, 0.3) is 0 Å². The molecule has 3 rings (SSSR count). The third-order valence-electron chi connectivity index (χ3n) is 3.01. The fraction of sp³-hybridized carbons (Fsp3) is 0.200. The van der Waals surface area contributed by atoms with Gasteiger partial charge in [0.05, 0.1) is 0 Å². The molecule has 0 aliphatic carbocycles. The Morgan fingerprint density at radius 1 is 1.21 bits per heavy atom. The molecule has 1 aliphatic heterocycles. The summed E-state index contributed by atoms with van der Waals surface area (Å²) in [6, 6.07) is 11.7. The van der Waals surface area contributed by atoms with Gasteiger partial charge in [-0.2, -0.15) is 0 Å². The molecule has 98 valence electrons. The van der Waals surface area contributed by atoms with Crippen LogP contribution >= 0.6 is 11.6 Å². The highest BCUT2D eigenvalue weighted by Gasteiger charge is 2.23. The Labute approximate surface area is 115 Å². The highest BCUT2D eigenvalue weighted by atomic mass is 35.5. The van der Waals surface area contributed by atoms with Crippen molar-refractivity contribution in [3.05, 3.63) is 58.9 Å². The molecule has 2 nitrogen and oxygen atoms in total. The van der Waals surface area contributed by atoms with Crippen molar-refractivity contribution in [3.63, 3.8) is 0 Å². The second-order valence-electron chi connectivity index (χ2n) is 4.46. The molecule has 1 heterocycles. The summed E-state index contributed by atoms with van der Waals surface area (Å²) in [5.41, 5.74) is 0.893. The maximum atomic E-state index is 13.1. The van der Waals surface area contributed by atoms with Crippen LogP contribution in [0, 0.1) is 5.82 Å². The van der Waals surface area contributed by atoms with Gasteiger partial charge in [-0.15, -0.1) is 0 Å². The van der Waals surface area contributed by atoms with Crippen molar-refractivity contribution in [2.24, 2.45) is 0 Å². The minimum Gasteiger partial charge on any atom is -0.490 e. The van der Waals surface area contributed by atoms with Gasteiger partial charge in [-0.25, -0.2) is 4.39 Å². The van der Waals surface area contributed by atoms with E-state index in [1.54, 1.807) is 18.2 Å². The zero-order valence-corrected chi connectivity index (χ0v) is 10.9. The first-order valence-corrected chi connectivity index (χ1v) is 6.42. The summed E-state index contributed by atoms with van der Waals surface area (Å²) >= 11 is 5.80. The maximum Gasteiger partial charge on any atom is 0.137 e. The van der Waals surface area contributed by atoms with Crippen LogP contribution in [0.5, 0.6) is 11.5 Å². The van der Waals surface area contributed by atoms with Crippen LogP contribution in [-0.4, -0.2) is 12.7 Å². The molecule has 1 unspecified atom stereocenters. The topological polar surface area (TPSA) is 18.5 Å². The number of benzene rings is 2. The van der Waals surface area contributed by atoms with E-state index < -0.39 is 0 Å². The molecular weight excluding hydrogens is 267 g/mol. The molecule has 19 heavy (non-hydrogen) atoms. The predicted octanol–water partition coefficient (Wildman–Crippen LogP) is 3.86. The standard InChI is InChI=1S/C15H12ClFO2/c16-11-1-4-13(5-2-11)18-9-14-8-10-7-12(17)3-6-15(10)19-14/h1-7,14H,8-9H2. The van der Waals surface area contributed by atoms with Crippen LogP contribution in [0.4, 0.5) is 4.39 Å². The van der Waals surface area contributed by atoms with Gasteiger partial charge in [0.15, 0.2) is 0 Å². The highest BCUT2D eigenvalue weighted by Crippen LogP contribution is 2.29. The lowest BCUT2D eigenvalue weighted by Crippen LogP contribution is -2.22.